The first-order valence-electron chi connectivity index (χ1n) is 8.97. The van der Waals surface area contributed by atoms with Crippen LogP contribution in [0.5, 0.6) is 0 Å². The molecular weight excluding hydrogens is 354 g/mol. The van der Waals surface area contributed by atoms with Crippen molar-refractivity contribution >= 4 is 27.5 Å². The van der Waals surface area contributed by atoms with E-state index < -0.39 is 21.9 Å². The lowest BCUT2D eigenvalue weighted by atomic mass is 9.97. The lowest BCUT2D eigenvalue weighted by molar-refractivity contribution is -0.121. The minimum Gasteiger partial charge on any atom is -0.334 e. The summed E-state index contributed by atoms with van der Waals surface area (Å²) in [4.78, 5) is 27.3. The van der Waals surface area contributed by atoms with Gasteiger partial charge in [-0.1, -0.05) is 38.5 Å². The molecule has 1 fully saturated rings. The highest BCUT2D eigenvalue weighted by Gasteiger charge is 2.38. The molecule has 0 aromatic heterocycles. The van der Waals surface area contributed by atoms with Crippen LogP contribution < -0.4 is 10.6 Å². The van der Waals surface area contributed by atoms with E-state index in [1.807, 2.05) is 38.1 Å². The molecule has 3 atom stereocenters. The molecule has 0 saturated carbocycles. The van der Waals surface area contributed by atoms with E-state index in [1.165, 1.54) is 0 Å². The van der Waals surface area contributed by atoms with Gasteiger partial charge in [-0.2, -0.15) is 0 Å². The van der Waals surface area contributed by atoms with Gasteiger partial charge in [-0.25, -0.2) is 13.2 Å². The molecule has 1 aromatic rings. The number of nitrogens with zero attached hydrogens (tertiary/aromatic N) is 1. The first-order valence-corrected chi connectivity index (χ1v) is 10.8. The van der Waals surface area contributed by atoms with Gasteiger partial charge in [0.25, 0.3) is 0 Å². The Bertz CT molecular complexity index is 808. The number of anilines is 1. The molecule has 2 N–H and O–H groups in total. The van der Waals surface area contributed by atoms with Crippen LogP contribution in [0.15, 0.2) is 24.3 Å². The standard InChI is InChI=1S/C18H25N3O4S/c1-3-12(2)16-17(22)20-15-7-5-4-6-13(15)10-21(16)18(23)19-14-8-9-26(24,25)11-14/h4-7,12,14,16H,3,8-11H2,1-2H3,(H,19,23)(H,20,22). The number of hydrogen-bond acceptors (Lipinski definition) is 4. The summed E-state index contributed by atoms with van der Waals surface area (Å²) in [6.07, 6.45) is 1.16. The molecule has 2 aliphatic heterocycles. The predicted molar refractivity (Wildman–Crippen MR) is 99.4 cm³/mol. The molecule has 2 heterocycles. The lowest BCUT2D eigenvalue weighted by Crippen LogP contribution is -2.54. The van der Waals surface area contributed by atoms with Gasteiger partial charge in [0, 0.05) is 11.7 Å². The third-order valence-corrected chi connectivity index (χ3v) is 6.99. The van der Waals surface area contributed by atoms with Crippen LogP contribution in [-0.2, 0) is 21.2 Å². The summed E-state index contributed by atoms with van der Waals surface area (Å²) in [7, 11) is -3.09. The first-order chi connectivity index (χ1) is 12.3. The second kappa shape index (κ2) is 7.26. The maximum absolute atomic E-state index is 12.9. The Balaban J connectivity index is 1.87. The van der Waals surface area contributed by atoms with E-state index in [4.69, 9.17) is 0 Å². The van der Waals surface area contributed by atoms with Crippen LogP contribution in [0.2, 0.25) is 0 Å². The Labute approximate surface area is 154 Å². The van der Waals surface area contributed by atoms with Gasteiger partial charge in [0.15, 0.2) is 9.84 Å². The fourth-order valence-corrected chi connectivity index (χ4v) is 5.24. The third-order valence-electron chi connectivity index (χ3n) is 5.22. The minimum absolute atomic E-state index is 0.0256. The Morgan fingerprint density at radius 1 is 1.38 bits per heavy atom. The van der Waals surface area contributed by atoms with Gasteiger partial charge in [-0.05, 0) is 24.0 Å². The number of para-hydroxylation sites is 1. The predicted octanol–water partition coefficient (Wildman–Crippen LogP) is 1.75. The first kappa shape index (κ1) is 18.7. The molecule has 0 spiro atoms. The lowest BCUT2D eigenvalue weighted by Gasteiger charge is -2.33. The van der Waals surface area contributed by atoms with Gasteiger partial charge in [-0.3, -0.25) is 4.79 Å². The van der Waals surface area contributed by atoms with Crippen molar-refractivity contribution in [2.24, 2.45) is 5.92 Å². The second-order valence-corrected chi connectivity index (χ2v) is 9.38. The molecule has 3 unspecified atom stereocenters. The van der Waals surface area contributed by atoms with E-state index in [9.17, 15) is 18.0 Å². The zero-order valence-corrected chi connectivity index (χ0v) is 15.9. The van der Waals surface area contributed by atoms with Crippen LogP contribution in [-0.4, -0.2) is 48.8 Å². The minimum atomic E-state index is -3.09. The number of amides is 3. The normalized spacial score (nSPS) is 25.8. The molecule has 142 valence electrons. The number of nitrogens with one attached hydrogen (secondary N) is 2. The van der Waals surface area contributed by atoms with Crippen LogP contribution in [0.4, 0.5) is 10.5 Å². The van der Waals surface area contributed by atoms with Crippen LogP contribution >= 0.6 is 0 Å². The number of fused-ring (bicyclic) bond motifs is 1. The van der Waals surface area contributed by atoms with Crippen LogP contribution in [0.25, 0.3) is 0 Å². The van der Waals surface area contributed by atoms with E-state index >= 15 is 0 Å². The fourth-order valence-electron chi connectivity index (χ4n) is 3.56. The van der Waals surface area contributed by atoms with Crippen molar-refractivity contribution in [2.45, 2.75) is 45.3 Å². The highest BCUT2D eigenvalue weighted by Crippen LogP contribution is 2.27. The molecule has 0 radical (unpaired) electrons. The Morgan fingerprint density at radius 2 is 2.12 bits per heavy atom. The van der Waals surface area contributed by atoms with Crippen molar-refractivity contribution in [1.82, 2.24) is 10.2 Å². The van der Waals surface area contributed by atoms with Gasteiger partial charge in [0.2, 0.25) is 5.91 Å². The Morgan fingerprint density at radius 3 is 2.77 bits per heavy atom. The second-order valence-electron chi connectivity index (χ2n) is 7.15. The van der Waals surface area contributed by atoms with Crippen LogP contribution in [0.1, 0.15) is 32.3 Å². The number of carbonyl (C=O) groups is 2. The molecule has 7 nitrogen and oxygen atoms in total. The summed E-state index contributed by atoms with van der Waals surface area (Å²) in [5, 5.41) is 5.74. The van der Waals surface area contributed by atoms with Crippen LogP contribution in [0.3, 0.4) is 0 Å². The molecule has 2 aliphatic rings. The third kappa shape index (κ3) is 3.85. The van der Waals surface area contributed by atoms with Crippen molar-refractivity contribution in [2.75, 3.05) is 16.8 Å². The van der Waals surface area contributed by atoms with Gasteiger partial charge < -0.3 is 15.5 Å². The van der Waals surface area contributed by atoms with Gasteiger partial charge in [0.05, 0.1) is 18.1 Å². The largest absolute Gasteiger partial charge is 0.334 e. The number of urea groups is 1. The average Bonchev–Trinajstić information content (AvgIpc) is 2.85. The van der Waals surface area contributed by atoms with Gasteiger partial charge in [-0.15, -0.1) is 0 Å². The van der Waals surface area contributed by atoms with Crippen molar-refractivity contribution < 1.29 is 18.0 Å². The van der Waals surface area contributed by atoms with Crippen molar-refractivity contribution in [3.63, 3.8) is 0 Å². The molecule has 26 heavy (non-hydrogen) atoms. The molecule has 0 aliphatic carbocycles. The van der Waals surface area contributed by atoms with Gasteiger partial charge >= 0.3 is 6.03 Å². The summed E-state index contributed by atoms with van der Waals surface area (Å²) in [6.45, 7) is 4.23. The van der Waals surface area contributed by atoms with E-state index in [-0.39, 0.29) is 29.4 Å². The summed E-state index contributed by atoms with van der Waals surface area (Å²) in [5.74, 6) is -0.180. The fraction of sp³-hybridized carbons (Fsp3) is 0.556. The zero-order chi connectivity index (χ0) is 18.9. The maximum atomic E-state index is 12.9. The smallest absolute Gasteiger partial charge is 0.318 e. The highest BCUT2D eigenvalue weighted by atomic mass is 32.2. The van der Waals surface area contributed by atoms with E-state index in [0.717, 1.165) is 12.0 Å². The quantitative estimate of drug-likeness (QED) is 0.836. The number of benzene rings is 1. The average molecular weight is 379 g/mol. The van der Waals surface area contributed by atoms with Crippen molar-refractivity contribution in [3.05, 3.63) is 29.8 Å². The van der Waals surface area contributed by atoms with Gasteiger partial charge in [0.1, 0.15) is 6.04 Å². The molecule has 1 saturated heterocycles. The molecule has 3 rings (SSSR count). The number of hydrogen-bond donors (Lipinski definition) is 2. The number of rotatable bonds is 3. The Kier molecular flexibility index (Phi) is 5.22. The molecular formula is C18H25N3O4S. The topological polar surface area (TPSA) is 95.6 Å². The summed E-state index contributed by atoms with van der Waals surface area (Å²) in [5.41, 5.74) is 1.57. The summed E-state index contributed by atoms with van der Waals surface area (Å²) < 4.78 is 23.3. The maximum Gasteiger partial charge on any atom is 0.318 e. The van der Waals surface area contributed by atoms with Crippen molar-refractivity contribution in [1.29, 1.82) is 0 Å². The molecule has 8 heteroatoms. The zero-order valence-electron chi connectivity index (χ0n) is 15.1. The van der Waals surface area contributed by atoms with Crippen molar-refractivity contribution in [3.8, 4) is 0 Å². The summed E-state index contributed by atoms with van der Waals surface area (Å²) in [6, 6.07) is 6.03. The number of carbonyl (C=O) groups excluding carboxylic acids is 2. The molecule has 3 amide bonds. The summed E-state index contributed by atoms with van der Waals surface area (Å²) >= 11 is 0. The SMILES string of the molecule is CCC(C)C1C(=O)Nc2ccccc2CN1C(=O)NC1CCS(=O)(=O)C1. The van der Waals surface area contributed by atoms with E-state index in [1.54, 1.807) is 4.90 Å². The van der Waals surface area contributed by atoms with Crippen LogP contribution in [0, 0.1) is 5.92 Å². The molecule has 1 aromatic carbocycles. The number of sulfone groups is 1. The highest BCUT2D eigenvalue weighted by molar-refractivity contribution is 7.91. The molecule has 0 bridgehead atoms. The van der Waals surface area contributed by atoms with E-state index in [2.05, 4.69) is 10.6 Å². The Hall–Kier alpha value is -2.09. The monoisotopic (exact) mass is 379 g/mol. The van der Waals surface area contributed by atoms with E-state index in [0.29, 0.717) is 18.7 Å².